The lowest BCUT2D eigenvalue weighted by Gasteiger charge is -2.39. The molecule has 258 valence electrons. The van der Waals surface area contributed by atoms with Gasteiger partial charge < -0.3 is 28.5 Å². The third kappa shape index (κ3) is 8.47. The van der Waals surface area contributed by atoms with Crippen LogP contribution in [-0.2, 0) is 19.5 Å². The maximum Gasteiger partial charge on any atom is 0.330 e. The lowest BCUT2D eigenvalue weighted by atomic mass is 9.80. The average molecular weight is 789 g/mol. The molecule has 4 rings (SSSR count). The van der Waals surface area contributed by atoms with Crippen LogP contribution in [0.15, 0.2) is 94.6 Å². The third-order valence-electron chi connectivity index (χ3n) is 8.84. The molecular weight excluding hydrogens is 743 g/mol. The molecule has 48 heavy (non-hydrogen) atoms. The largest absolute Gasteiger partial charge is 0.497 e. The summed E-state index contributed by atoms with van der Waals surface area (Å²) in [6.45, 7) is 10.4. The van der Waals surface area contributed by atoms with Gasteiger partial charge >= 0.3 is 5.69 Å². The van der Waals surface area contributed by atoms with Gasteiger partial charge in [-0.1, -0.05) is 75.4 Å². The van der Waals surface area contributed by atoms with Crippen molar-refractivity contribution in [3.8, 4) is 11.5 Å². The summed E-state index contributed by atoms with van der Waals surface area (Å²) in [6, 6.07) is 25.3. The highest BCUT2D eigenvalue weighted by atomic mass is 127. The van der Waals surface area contributed by atoms with Crippen LogP contribution < -0.4 is 20.7 Å². The van der Waals surface area contributed by atoms with E-state index in [0.29, 0.717) is 11.5 Å². The van der Waals surface area contributed by atoms with Gasteiger partial charge in [-0.3, -0.25) is 14.3 Å². The zero-order valence-electron chi connectivity index (χ0n) is 28.5. The van der Waals surface area contributed by atoms with Crippen molar-refractivity contribution in [1.29, 1.82) is 0 Å². The van der Waals surface area contributed by atoms with Gasteiger partial charge in [-0.15, -0.1) is 0 Å². The number of H-pyrrole nitrogens is 1. The lowest BCUT2D eigenvalue weighted by molar-refractivity contribution is -0.137. The Morgan fingerprint density at radius 3 is 1.83 bits per heavy atom. The van der Waals surface area contributed by atoms with Crippen molar-refractivity contribution in [1.82, 2.24) is 9.55 Å². The number of benzene rings is 3. The zero-order chi connectivity index (χ0) is 35.1. The Kier molecular flexibility index (Phi) is 12.5. The van der Waals surface area contributed by atoms with E-state index in [9.17, 15) is 14.7 Å². The molecule has 2 N–H and O–H groups in total. The number of aliphatic hydroxyl groups excluding tert-OH is 1. The van der Waals surface area contributed by atoms with Gasteiger partial charge in [0, 0.05) is 6.20 Å². The van der Waals surface area contributed by atoms with E-state index < -0.39 is 44.1 Å². The van der Waals surface area contributed by atoms with Crippen LogP contribution >= 0.6 is 22.6 Å². The van der Waals surface area contributed by atoms with Crippen LogP contribution in [0.2, 0.25) is 18.1 Å². The van der Waals surface area contributed by atoms with E-state index in [-0.39, 0.29) is 21.8 Å². The molecule has 0 fully saturated rings. The Balaban J connectivity index is 1.83. The van der Waals surface area contributed by atoms with Crippen molar-refractivity contribution >= 4 is 30.9 Å². The fourth-order valence-corrected chi connectivity index (χ4v) is 6.50. The summed E-state index contributed by atoms with van der Waals surface area (Å²) in [6.07, 6.45) is -0.488. The van der Waals surface area contributed by atoms with Gasteiger partial charge in [0.05, 0.1) is 37.6 Å². The first kappa shape index (κ1) is 37.5. The van der Waals surface area contributed by atoms with E-state index in [4.69, 9.17) is 23.4 Å². The maximum atomic E-state index is 12.8. The molecule has 2 atom stereocenters. The zero-order valence-corrected chi connectivity index (χ0v) is 31.6. The number of aromatic nitrogens is 2. The molecule has 0 saturated carbocycles. The smallest absolute Gasteiger partial charge is 0.330 e. The molecule has 3 aromatic carbocycles. The molecule has 0 radical (unpaired) electrons. The van der Waals surface area contributed by atoms with Gasteiger partial charge in [-0.25, -0.2) is 4.79 Å². The van der Waals surface area contributed by atoms with Crippen molar-refractivity contribution in [2.45, 2.75) is 56.8 Å². The SMILES string of the molecule is COc1ccc(C(OC[C@H](CO[Si](C)(C)C(C)(C)C)O[C@H](CO)n2cc(I)c(=O)[nH]c2=O)(c2ccccc2)c2ccc(OC)cc2)cc1. The fourth-order valence-electron chi connectivity index (χ4n) is 5.03. The Hall–Kier alpha value is -3.27. The minimum absolute atomic E-state index is 0.00721. The Morgan fingerprint density at radius 1 is 0.833 bits per heavy atom. The van der Waals surface area contributed by atoms with Gasteiger partial charge in [0.1, 0.15) is 23.2 Å². The molecule has 0 aliphatic heterocycles. The number of ether oxygens (including phenoxy) is 4. The molecule has 1 heterocycles. The highest BCUT2D eigenvalue weighted by Crippen LogP contribution is 2.42. The highest BCUT2D eigenvalue weighted by Gasteiger charge is 2.41. The summed E-state index contributed by atoms with van der Waals surface area (Å²) in [4.78, 5) is 27.2. The minimum Gasteiger partial charge on any atom is -0.497 e. The first-order valence-electron chi connectivity index (χ1n) is 15.7. The Labute approximate surface area is 296 Å². The second-order valence-corrected chi connectivity index (χ2v) is 18.9. The van der Waals surface area contributed by atoms with Crippen LogP contribution in [0.4, 0.5) is 0 Å². The average Bonchev–Trinajstić information content (AvgIpc) is 3.08. The number of methoxy groups -OCH3 is 2. The number of nitrogens with zero attached hydrogens (tertiary/aromatic N) is 1. The maximum absolute atomic E-state index is 12.8. The molecule has 0 saturated heterocycles. The van der Waals surface area contributed by atoms with Gasteiger partial charge in [-0.2, -0.15) is 0 Å². The summed E-state index contributed by atoms with van der Waals surface area (Å²) in [7, 11) is 0.976. The van der Waals surface area contributed by atoms with Crippen LogP contribution in [0.25, 0.3) is 0 Å². The summed E-state index contributed by atoms with van der Waals surface area (Å²) in [5, 5.41) is 10.4. The molecule has 12 heteroatoms. The number of hydrogen-bond acceptors (Lipinski definition) is 8. The molecule has 0 amide bonds. The van der Waals surface area contributed by atoms with Crippen molar-refractivity contribution in [3.63, 3.8) is 0 Å². The highest BCUT2D eigenvalue weighted by molar-refractivity contribution is 14.1. The second-order valence-electron chi connectivity index (χ2n) is 12.9. The number of nitrogens with one attached hydrogen (secondary N) is 1. The number of aliphatic hydroxyl groups is 1. The molecule has 0 unspecified atom stereocenters. The van der Waals surface area contributed by atoms with Crippen molar-refractivity contribution < 1.29 is 28.5 Å². The van der Waals surface area contributed by atoms with Crippen molar-refractivity contribution in [2.24, 2.45) is 0 Å². The molecule has 0 aliphatic rings. The molecule has 1 aromatic heterocycles. The van der Waals surface area contributed by atoms with Gasteiger partial charge in [-0.05, 0) is 81.7 Å². The second kappa shape index (κ2) is 16.0. The predicted molar refractivity (Wildman–Crippen MR) is 196 cm³/mol. The van der Waals surface area contributed by atoms with E-state index in [1.54, 1.807) is 14.2 Å². The van der Waals surface area contributed by atoms with E-state index in [1.165, 1.54) is 10.8 Å². The minimum atomic E-state index is -2.27. The topological polar surface area (TPSA) is 121 Å². The fraction of sp³-hybridized carbons (Fsp3) is 0.389. The first-order valence-corrected chi connectivity index (χ1v) is 19.6. The summed E-state index contributed by atoms with van der Waals surface area (Å²) < 4.78 is 32.6. The molecule has 0 spiro atoms. The van der Waals surface area contributed by atoms with Gasteiger partial charge in [0.2, 0.25) is 0 Å². The van der Waals surface area contributed by atoms with Crippen molar-refractivity contribution in [3.05, 3.63) is 126 Å². The number of rotatable bonds is 15. The number of aromatic amines is 1. The normalized spacial score (nSPS) is 13.6. The Morgan fingerprint density at radius 2 is 1.35 bits per heavy atom. The van der Waals surface area contributed by atoms with E-state index in [0.717, 1.165) is 16.7 Å². The van der Waals surface area contributed by atoms with Crippen LogP contribution in [0.3, 0.4) is 0 Å². The monoisotopic (exact) mass is 788 g/mol. The molecule has 10 nitrogen and oxygen atoms in total. The van der Waals surface area contributed by atoms with Crippen LogP contribution in [0.1, 0.15) is 43.7 Å². The van der Waals surface area contributed by atoms with Crippen LogP contribution in [0, 0.1) is 3.57 Å². The molecule has 0 bridgehead atoms. The van der Waals surface area contributed by atoms with E-state index >= 15 is 0 Å². The number of halogens is 1. The van der Waals surface area contributed by atoms with Gasteiger partial charge in [0.15, 0.2) is 14.5 Å². The van der Waals surface area contributed by atoms with E-state index in [2.05, 4.69) is 38.8 Å². The molecular formula is C36H45IN2O8Si. The number of hydrogen-bond donors (Lipinski definition) is 2. The summed E-state index contributed by atoms with van der Waals surface area (Å²) >= 11 is 1.84. The van der Waals surface area contributed by atoms with E-state index in [1.807, 2.05) is 101 Å². The van der Waals surface area contributed by atoms with Crippen molar-refractivity contribution in [2.75, 3.05) is 34.0 Å². The lowest BCUT2D eigenvalue weighted by Crippen LogP contribution is -2.46. The first-order chi connectivity index (χ1) is 22.7. The third-order valence-corrected chi connectivity index (χ3v) is 14.1. The quantitative estimate of drug-likeness (QED) is 0.0848. The standard InChI is InChI=1S/C36H45IN2O8Si/c1-35(2,3)48(6,7)46-24-30(47-32(22-40)39-21-31(37)33(41)38-34(39)42)23-45-36(25-11-9-8-10-12-25,26-13-17-28(43-4)18-14-26)27-15-19-29(44-5)20-16-27/h8-21,30,32,40H,22-24H2,1-7H3,(H,38,41,42)/t30-,32-/m1/s1. The summed E-state index contributed by atoms with van der Waals surface area (Å²) in [5.74, 6) is 1.40. The predicted octanol–water partition coefficient (Wildman–Crippen LogP) is 6.07. The van der Waals surface area contributed by atoms with Gasteiger partial charge in [0.25, 0.3) is 5.56 Å². The summed E-state index contributed by atoms with van der Waals surface area (Å²) in [5.41, 5.74) is 0.218. The molecule has 4 aromatic rings. The van der Waals surface area contributed by atoms with Crippen LogP contribution in [0.5, 0.6) is 11.5 Å². The molecule has 0 aliphatic carbocycles. The van der Waals surface area contributed by atoms with Crippen LogP contribution in [-0.4, -0.2) is 63.1 Å². The Bertz CT molecular complexity index is 1690.